The molecule has 4 aromatic rings. The second-order valence-corrected chi connectivity index (χ2v) is 12.6. The van der Waals surface area contributed by atoms with Gasteiger partial charge in [0.05, 0.1) is 16.5 Å². The van der Waals surface area contributed by atoms with Crippen molar-refractivity contribution in [2.75, 3.05) is 23.7 Å². The number of carbonyl (C=O) groups is 2. The number of nitrogens with one attached hydrogen (secondary N) is 2. The lowest BCUT2D eigenvalue weighted by molar-refractivity contribution is 0.0706. The summed E-state index contributed by atoms with van der Waals surface area (Å²) < 4.78 is 1.52. The molecule has 1 fully saturated rings. The molecule has 6 rings (SSSR count). The zero-order chi connectivity index (χ0) is 30.8. The summed E-state index contributed by atoms with van der Waals surface area (Å²) in [5, 5.41) is 15.3. The van der Waals surface area contributed by atoms with Crippen LogP contribution < -0.4 is 16.2 Å². The van der Waals surface area contributed by atoms with Crippen LogP contribution in [0.15, 0.2) is 59.7 Å². The first-order valence-electron chi connectivity index (χ1n) is 15.0. The molecular formula is C34H34N6O3S. The highest BCUT2D eigenvalue weighted by atomic mass is 32.1. The molecule has 2 N–H and O–H groups in total. The molecule has 1 saturated heterocycles. The molecule has 1 aromatic carbocycles. The predicted molar refractivity (Wildman–Crippen MR) is 173 cm³/mol. The minimum atomic E-state index is -0.222. The minimum Gasteiger partial charge on any atom is -0.339 e. The van der Waals surface area contributed by atoms with Crippen molar-refractivity contribution >= 4 is 40.3 Å². The maximum absolute atomic E-state index is 13.2. The van der Waals surface area contributed by atoms with E-state index in [4.69, 9.17) is 5.26 Å². The van der Waals surface area contributed by atoms with E-state index in [2.05, 4.69) is 21.7 Å². The van der Waals surface area contributed by atoms with Gasteiger partial charge in [0.25, 0.3) is 17.4 Å². The van der Waals surface area contributed by atoms with Gasteiger partial charge in [0.15, 0.2) is 0 Å². The summed E-state index contributed by atoms with van der Waals surface area (Å²) >= 11 is 1.59. The van der Waals surface area contributed by atoms with Crippen LogP contribution in [0.2, 0.25) is 0 Å². The lowest BCUT2D eigenvalue weighted by Crippen LogP contribution is -2.38. The SMILES string of the molecule is Cc1c(NC(=O)c2cc3c(s2)CCCC3)cccc1-c1cc(Nc2ccc(C(=O)N3CCC(C#N)CC3)cn2)c(=O)n(C)c1. The zero-order valence-corrected chi connectivity index (χ0v) is 25.7. The third-order valence-electron chi connectivity index (χ3n) is 8.53. The smallest absolute Gasteiger partial charge is 0.274 e. The summed E-state index contributed by atoms with van der Waals surface area (Å²) in [6.45, 7) is 3.07. The van der Waals surface area contributed by atoms with Gasteiger partial charge in [-0.05, 0) is 92.5 Å². The van der Waals surface area contributed by atoms with Crippen molar-refractivity contribution in [3.8, 4) is 17.2 Å². The molecule has 0 bridgehead atoms. The largest absolute Gasteiger partial charge is 0.339 e. The van der Waals surface area contributed by atoms with Gasteiger partial charge in [-0.25, -0.2) is 4.98 Å². The first-order chi connectivity index (χ1) is 21.3. The molecule has 224 valence electrons. The number of hydrogen-bond acceptors (Lipinski definition) is 7. The summed E-state index contributed by atoms with van der Waals surface area (Å²) in [6, 6.07) is 15.2. The van der Waals surface area contributed by atoms with E-state index in [1.165, 1.54) is 34.0 Å². The van der Waals surface area contributed by atoms with E-state index < -0.39 is 0 Å². The number of nitrogens with zero attached hydrogens (tertiary/aromatic N) is 4. The monoisotopic (exact) mass is 606 g/mol. The van der Waals surface area contributed by atoms with Crippen LogP contribution in [0.3, 0.4) is 0 Å². The van der Waals surface area contributed by atoms with Gasteiger partial charge in [-0.2, -0.15) is 5.26 Å². The Morgan fingerprint density at radius 1 is 1.07 bits per heavy atom. The fourth-order valence-electron chi connectivity index (χ4n) is 5.95. The summed E-state index contributed by atoms with van der Waals surface area (Å²) in [6.07, 6.45) is 9.09. The third kappa shape index (κ3) is 6.01. The quantitative estimate of drug-likeness (QED) is 0.275. The molecule has 10 heteroatoms. The van der Waals surface area contributed by atoms with E-state index in [0.717, 1.165) is 40.1 Å². The Hall–Kier alpha value is -4.75. The number of aryl methyl sites for hydroxylation is 3. The van der Waals surface area contributed by atoms with Crippen molar-refractivity contribution in [3.63, 3.8) is 0 Å². The average Bonchev–Trinajstić information content (AvgIpc) is 3.49. The first kappa shape index (κ1) is 29.3. The topological polar surface area (TPSA) is 120 Å². The van der Waals surface area contributed by atoms with Crippen molar-refractivity contribution in [2.45, 2.75) is 45.4 Å². The average molecular weight is 607 g/mol. The number of rotatable bonds is 6. The van der Waals surface area contributed by atoms with E-state index in [1.54, 1.807) is 47.7 Å². The molecule has 2 amide bonds. The maximum atomic E-state index is 13.2. The van der Waals surface area contributed by atoms with Crippen LogP contribution in [-0.2, 0) is 19.9 Å². The van der Waals surface area contributed by atoms with E-state index >= 15 is 0 Å². The summed E-state index contributed by atoms with van der Waals surface area (Å²) in [7, 11) is 1.70. The van der Waals surface area contributed by atoms with E-state index in [-0.39, 0.29) is 23.3 Å². The number of thiophene rings is 1. The Bertz CT molecular complexity index is 1800. The van der Waals surface area contributed by atoms with Gasteiger partial charge < -0.3 is 20.1 Å². The molecule has 0 atom stereocenters. The molecule has 1 aliphatic heterocycles. The second kappa shape index (κ2) is 12.5. The number of likely N-dealkylation sites (tertiary alicyclic amines) is 1. The van der Waals surface area contributed by atoms with Crippen molar-refractivity contribution in [2.24, 2.45) is 13.0 Å². The number of piperidine rings is 1. The number of fused-ring (bicyclic) bond motifs is 1. The molecule has 4 heterocycles. The Balaban J connectivity index is 1.19. The number of hydrogen-bond donors (Lipinski definition) is 2. The molecule has 0 spiro atoms. The van der Waals surface area contributed by atoms with Gasteiger partial charge in [0.1, 0.15) is 11.5 Å². The number of benzene rings is 1. The molecule has 0 saturated carbocycles. The van der Waals surface area contributed by atoms with Gasteiger partial charge in [0, 0.05) is 54.6 Å². The van der Waals surface area contributed by atoms with Crippen molar-refractivity contribution in [3.05, 3.63) is 91.7 Å². The molecule has 3 aromatic heterocycles. The van der Waals surface area contributed by atoms with E-state index in [9.17, 15) is 14.4 Å². The van der Waals surface area contributed by atoms with Gasteiger partial charge in [-0.1, -0.05) is 12.1 Å². The van der Waals surface area contributed by atoms with E-state index in [1.807, 2.05) is 31.2 Å². The lowest BCUT2D eigenvalue weighted by atomic mass is 9.98. The lowest BCUT2D eigenvalue weighted by Gasteiger charge is -2.29. The highest BCUT2D eigenvalue weighted by Crippen LogP contribution is 2.33. The summed E-state index contributed by atoms with van der Waals surface area (Å²) in [4.78, 5) is 47.4. The van der Waals surface area contributed by atoms with Gasteiger partial charge in [0.2, 0.25) is 0 Å². The third-order valence-corrected chi connectivity index (χ3v) is 9.77. The van der Waals surface area contributed by atoms with Crippen LogP contribution in [0.5, 0.6) is 0 Å². The number of amides is 2. The summed E-state index contributed by atoms with van der Waals surface area (Å²) in [5.74, 6) is 0.227. The molecular weight excluding hydrogens is 572 g/mol. The molecule has 9 nitrogen and oxygen atoms in total. The van der Waals surface area contributed by atoms with Crippen LogP contribution >= 0.6 is 11.3 Å². The Morgan fingerprint density at radius 3 is 2.59 bits per heavy atom. The highest BCUT2D eigenvalue weighted by Gasteiger charge is 2.24. The number of carbonyl (C=O) groups excluding carboxylic acids is 2. The fraction of sp³-hybridized carbons (Fsp3) is 0.324. The zero-order valence-electron chi connectivity index (χ0n) is 24.9. The molecule has 0 radical (unpaired) electrons. The summed E-state index contributed by atoms with van der Waals surface area (Å²) in [5.41, 5.74) is 5.20. The van der Waals surface area contributed by atoms with Crippen molar-refractivity contribution in [1.82, 2.24) is 14.5 Å². The maximum Gasteiger partial charge on any atom is 0.274 e. The minimum absolute atomic E-state index is 0.00331. The van der Waals surface area contributed by atoms with Crippen LogP contribution in [0.4, 0.5) is 17.2 Å². The van der Waals surface area contributed by atoms with Gasteiger partial charge in [-0.15, -0.1) is 11.3 Å². The van der Waals surface area contributed by atoms with Crippen LogP contribution in [0.1, 0.15) is 61.7 Å². The number of nitriles is 1. The Morgan fingerprint density at radius 2 is 1.86 bits per heavy atom. The standard InChI is InChI=1S/C34H34N6O3S/c1-21-26(7-5-8-27(21)38-32(41)30-17-23-6-3-4-9-29(23)44-30)25-16-28(34(43)39(2)20-25)37-31-11-10-24(19-36-31)33(42)40-14-12-22(18-35)13-15-40/h5,7-8,10-11,16-17,19-20,22H,3-4,6,9,12-15H2,1-2H3,(H,36,37)(H,38,41). The second-order valence-electron chi connectivity index (χ2n) is 11.5. The van der Waals surface area contributed by atoms with Crippen LogP contribution in [0, 0.1) is 24.2 Å². The molecule has 44 heavy (non-hydrogen) atoms. The van der Waals surface area contributed by atoms with Gasteiger partial charge in [-0.3, -0.25) is 14.4 Å². The van der Waals surface area contributed by atoms with Crippen molar-refractivity contribution in [1.29, 1.82) is 5.26 Å². The van der Waals surface area contributed by atoms with Gasteiger partial charge >= 0.3 is 0 Å². The molecule has 0 unspecified atom stereocenters. The van der Waals surface area contributed by atoms with Crippen molar-refractivity contribution < 1.29 is 9.59 Å². The normalized spacial score (nSPS) is 14.9. The number of pyridine rings is 2. The number of anilines is 3. The fourth-order valence-corrected chi connectivity index (χ4v) is 7.09. The highest BCUT2D eigenvalue weighted by molar-refractivity contribution is 7.14. The molecule has 2 aliphatic rings. The van der Waals surface area contributed by atoms with Crippen LogP contribution in [-0.4, -0.2) is 39.4 Å². The first-order valence-corrected chi connectivity index (χ1v) is 15.8. The Kier molecular flexibility index (Phi) is 8.31. The van der Waals surface area contributed by atoms with Crippen LogP contribution in [0.25, 0.3) is 11.1 Å². The predicted octanol–water partition coefficient (Wildman–Crippen LogP) is 6.07. The number of aromatic nitrogens is 2. The Labute approximate surface area is 260 Å². The van der Waals surface area contributed by atoms with E-state index in [0.29, 0.717) is 43.0 Å². The molecule has 1 aliphatic carbocycles.